The third-order valence-electron chi connectivity index (χ3n) is 7.92. The fraction of sp³-hybridized carbons (Fsp3) is 0.406. The van der Waals surface area contributed by atoms with Crippen LogP contribution in [-0.4, -0.2) is 49.6 Å². The minimum Gasteiger partial charge on any atom is -0.390 e. The molecule has 1 amide bonds. The molecule has 0 bridgehead atoms. The van der Waals surface area contributed by atoms with Crippen LogP contribution in [0.25, 0.3) is 0 Å². The molecule has 2 aliphatic rings. The molecule has 3 N–H and O–H groups in total. The van der Waals surface area contributed by atoms with Crippen LogP contribution in [0.1, 0.15) is 72.5 Å². The summed E-state index contributed by atoms with van der Waals surface area (Å²) in [5.74, 6) is 6.33. The highest BCUT2D eigenvalue weighted by Gasteiger charge is 2.49. The molecule has 3 aromatic rings. The van der Waals surface area contributed by atoms with Gasteiger partial charge in [0.15, 0.2) is 5.82 Å². The number of piperidine rings is 1. The van der Waals surface area contributed by atoms with E-state index in [2.05, 4.69) is 61.0 Å². The van der Waals surface area contributed by atoms with E-state index in [9.17, 15) is 14.1 Å². The number of hydrogen-bond donors (Lipinski definition) is 3. The van der Waals surface area contributed by atoms with E-state index in [0.29, 0.717) is 22.8 Å². The zero-order valence-corrected chi connectivity index (χ0v) is 24.6. The highest BCUT2D eigenvalue weighted by molar-refractivity contribution is 7.84. The number of rotatable bonds is 6. The smallest absolute Gasteiger partial charge is 0.252 e. The number of anilines is 1. The summed E-state index contributed by atoms with van der Waals surface area (Å²) in [7, 11) is -1.19. The SMILES string of the molecule is CC(C)(C)S(=O)N[C@@H]1c2ccccc2CC12CCN(c1ncc(C#CCNC(=O)c3ccccc3)nc1CO)CC2. The van der Waals surface area contributed by atoms with Gasteiger partial charge in [0.1, 0.15) is 11.4 Å². The van der Waals surface area contributed by atoms with E-state index in [1.165, 1.54) is 11.1 Å². The van der Waals surface area contributed by atoms with Gasteiger partial charge in [0.2, 0.25) is 0 Å². The molecule has 1 unspecified atom stereocenters. The number of amides is 1. The Morgan fingerprint density at radius 3 is 2.54 bits per heavy atom. The number of aliphatic hydroxyl groups excluding tert-OH is 1. The van der Waals surface area contributed by atoms with E-state index in [-0.39, 0.29) is 35.3 Å². The first kappa shape index (κ1) is 28.9. The predicted molar refractivity (Wildman–Crippen MR) is 161 cm³/mol. The van der Waals surface area contributed by atoms with Crippen molar-refractivity contribution < 1.29 is 14.1 Å². The molecule has 1 fully saturated rings. The molecule has 1 saturated heterocycles. The Labute approximate surface area is 244 Å². The summed E-state index contributed by atoms with van der Waals surface area (Å²) in [5.41, 5.74) is 4.04. The Balaban J connectivity index is 1.26. The summed E-state index contributed by atoms with van der Waals surface area (Å²) in [5, 5.41) is 12.9. The maximum Gasteiger partial charge on any atom is 0.252 e. The molecule has 2 aromatic carbocycles. The Hall–Kier alpha value is -3.58. The van der Waals surface area contributed by atoms with E-state index in [4.69, 9.17) is 0 Å². The minimum atomic E-state index is -1.19. The van der Waals surface area contributed by atoms with Gasteiger partial charge in [0.05, 0.1) is 41.1 Å². The lowest BCUT2D eigenvalue weighted by Crippen LogP contribution is -2.48. The lowest BCUT2D eigenvalue weighted by Gasteiger charge is -2.44. The molecule has 2 heterocycles. The third-order valence-corrected chi connectivity index (χ3v) is 9.49. The summed E-state index contributed by atoms with van der Waals surface area (Å²) in [6.07, 6.45) is 4.36. The van der Waals surface area contributed by atoms with Crippen molar-refractivity contribution in [2.45, 2.75) is 57.4 Å². The number of fused-ring (bicyclic) bond motifs is 1. The molecule has 8 nitrogen and oxygen atoms in total. The molecule has 5 rings (SSSR count). The molecule has 2 atom stereocenters. The second kappa shape index (κ2) is 12.1. The van der Waals surface area contributed by atoms with Crippen LogP contribution in [0.3, 0.4) is 0 Å². The molecule has 9 heteroatoms. The summed E-state index contributed by atoms with van der Waals surface area (Å²) >= 11 is 0. The maximum atomic E-state index is 13.2. The predicted octanol–water partition coefficient (Wildman–Crippen LogP) is 3.69. The number of hydrogen-bond acceptors (Lipinski definition) is 6. The first-order valence-electron chi connectivity index (χ1n) is 14.0. The van der Waals surface area contributed by atoms with Crippen LogP contribution in [0.15, 0.2) is 60.8 Å². The molecule has 1 spiro atoms. The average Bonchev–Trinajstić information content (AvgIpc) is 3.27. The first-order chi connectivity index (χ1) is 19.7. The van der Waals surface area contributed by atoms with Crippen LogP contribution in [0.5, 0.6) is 0 Å². The maximum absolute atomic E-state index is 13.2. The van der Waals surface area contributed by atoms with Crippen molar-refractivity contribution in [2.75, 3.05) is 24.5 Å². The summed E-state index contributed by atoms with van der Waals surface area (Å²) in [6.45, 7) is 7.43. The van der Waals surface area contributed by atoms with E-state index >= 15 is 0 Å². The number of carbonyl (C=O) groups is 1. The second-order valence-electron chi connectivity index (χ2n) is 11.7. The van der Waals surface area contributed by atoms with Crippen LogP contribution in [0, 0.1) is 17.3 Å². The van der Waals surface area contributed by atoms with Gasteiger partial charge >= 0.3 is 0 Å². The fourth-order valence-electron chi connectivity index (χ4n) is 5.69. The van der Waals surface area contributed by atoms with Gasteiger partial charge in [-0.05, 0) is 74.6 Å². The number of carbonyl (C=O) groups excluding carboxylic acids is 1. The van der Waals surface area contributed by atoms with Gasteiger partial charge in [0.25, 0.3) is 5.91 Å². The Kier molecular flexibility index (Phi) is 8.55. The van der Waals surface area contributed by atoms with Crippen molar-refractivity contribution in [3.8, 4) is 11.8 Å². The molecule has 0 saturated carbocycles. The van der Waals surface area contributed by atoms with Crippen molar-refractivity contribution in [1.82, 2.24) is 20.0 Å². The van der Waals surface area contributed by atoms with Crippen molar-refractivity contribution in [3.63, 3.8) is 0 Å². The largest absolute Gasteiger partial charge is 0.390 e. The van der Waals surface area contributed by atoms with Gasteiger partial charge < -0.3 is 15.3 Å². The van der Waals surface area contributed by atoms with Crippen LogP contribution in [0.4, 0.5) is 5.82 Å². The average molecular weight is 572 g/mol. The number of benzene rings is 2. The second-order valence-corrected chi connectivity index (χ2v) is 13.7. The number of nitrogens with one attached hydrogen (secondary N) is 2. The topological polar surface area (TPSA) is 107 Å². The zero-order valence-electron chi connectivity index (χ0n) is 23.8. The van der Waals surface area contributed by atoms with E-state index in [0.717, 1.165) is 32.4 Å². The van der Waals surface area contributed by atoms with Gasteiger partial charge in [0, 0.05) is 18.7 Å². The Bertz CT molecular complexity index is 1480. The zero-order chi connectivity index (χ0) is 29.0. The molecule has 0 radical (unpaired) electrons. The Morgan fingerprint density at radius 1 is 1.12 bits per heavy atom. The monoisotopic (exact) mass is 571 g/mol. The highest BCUT2D eigenvalue weighted by atomic mass is 32.2. The standard InChI is InChI=1S/C32H37N5O3S/c1-31(2,3)41(40)36-28-26-14-8-7-12-24(26)20-32(28)15-18-37(19-16-32)29-27(22-38)35-25(21-34-29)13-9-17-33-30(39)23-10-5-4-6-11-23/h4-8,10-12,14,21,28,36,38H,15-20,22H2,1-3H3,(H,33,39)/t28-,41?/m1/s1. The molecule has 41 heavy (non-hydrogen) atoms. The number of nitrogens with zero attached hydrogens (tertiary/aromatic N) is 3. The Morgan fingerprint density at radius 2 is 1.83 bits per heavy atom. The third kappa shape index (κ3) is 6.35. The van der Waals surface area contributed by atoms with Crippen LogP contribution < -0.4 is 14.9 Å². The molecule has 1 aliphatic carbocycles. The van der Waals surface area contributed by atoms with Crippen molar-refractivity contribution in [2.24, 2.45) is 5.41 Å². The van der Waals surface area contributed by atoms with Gasteiger partial charge in [-0.15, -0.1) is 0 Å². The number of aromatic nitrogens is 2. The normalized spacial score (nSPS) is 18.3. The molecular formula is C32H37N5O3S. The van der Waals surface area contributed by atoms with E-state index in [1.54, 1.807) is 18.3 Å². The minimum absolute atomic E-state index is 0.0179. The summed E-state index contributed by atoms with van der Waals surface area (Å²) in [6, 6.07) is 17.5. The number of aliphatic hydroxyl groups is 1. The molecule has 1 aliphatic heterocycles. The summed E-state index contributed by atoms with van der Waals surface area (Å²) < 4.78 is 16.3. The van der Waals surface area contributed by atoms with Crippen LogP contribution in [0.2, 0.25) is 0 Å². The van der Waals surface area contributed by atoms with Gasteiger partial charge in [-0.3, -0.25) is 4.79 Å². The first-order valence-corrected chi connectivity index (χ1v) is 15.1. The lowest BCUT2D eigenvalue weighted by molar-refractivity contribution is 0.0958. The van der Waals surface area contributed by atoms with Crippen molar-refractivity contribution in [1.29, 1.82) is 0 Å². The van der Waals surface area contributed by atoms with Gasteiger partial charge in [-0.2, -0.15) is 0 Å². The lowest BCUT2D eigenvalue weighted by atomic mass is 9.73. The van der Waals surface area contributed by atoms with E-state index < -0.39 is 11.0 Å². The van der Waals surface area contributed by atoms with Crippen LogP contribution >= 0.6 is 0 Å². The van der Waals surface area contributed by atoms with Gasteiger partial charge in [-0.1, -0.05) is 48.4 Å². The molecular weight excluding hydrogens is 534 g/mol. The van der Waals surface area contributed by atoms with Gasteiger partial charge in [-0.25, -0.2) is 18.9 Å². The molecule has 214 valence electrons. The highest BCUT2D eigenvalue weighted by Crippen LogP contribution is 2.52. The van der Waals surface area contributed by atoms with Crippen molar-refractivity contribution >= 4 is 22.7 Å². The fourth-order valence-corrected chi connectivity index (χ4v) is 6.64. The van der Waals surface area contributed by atoms with E-state index in [1.807, 2.05) is 39.0 Å². The quantitative estimate of drug-likeness (QED) is 0.390. The van der Waals surface area contributed by atoms with Crippen molar-refractivity contribution in [3.05, 3.63) is 88.9 Å². The summed E-state index contributed by atoms with van der Waals surface area (Å²) in [4.78, 5) is 23.6. The molecule has 1 aromatic heterocycles. The van der Waals surface area contributed by atoms with Crippen LogP contribution in [-0.2, 0) is 24.0 Å².